The lowest BCUT2D eigenvalue weighted by atomic mass is 10.1. The van der Waals surface area contributed by atoms with Gasteiger partial charge in [0, 0.05) is 18.7 Å². The smallest absolute Gasteiger partial charge is 0.293 e. The molecule has 1 heterocycles. The Morgan fingerprint density at radius 1 is 1.17 bits per heavy atom. The summed E-state index contributed by atoms with van der Waals surface area (Å²) in [6.45, 7) is 0.208. The van der Waals surface area contributed by atoms with E-state index in [2.05, 4.69) is 5.32 Å². The molecule has 146 valence electrons. The molecule has 2 aromatic rings. The number of benzene rings is 2. The fraction of sp³-hybridized carbons (Fsp3) is 0.143. The van der Waals surface area contributed by atoms with Crippen molar-refractivity contribution < 1.29 is 19.1 Å². The summed E-state index contributed by atoms with van der Waals surface area (Å²) in [4.78, 5) is 38.2. The number of nitrogens with one attached hydrogen (secondary N) is 1. The van der Waals surface area contributed by atoms with Crippen LogP contribution in [-0.4, -0.2) is 42.2 Å². The van der Waals surface area contributed by atoms with Gasteiger partial charge in [-0.25, -0.2) is 0 Å². The van der Waals surface area contributed by atoms with Crippen LogP contribution in [0.15, 0.2) is 53.4 Å². The van der Waals surface area contributed by atoms with Gasteiger partial charge in [-0.05, 0) is 59.8 Å². The van der Waals surface area contributed by atoms with Crippen LogP contribution in [0, 0.1) is 11.3 Å². The number of carbonyl (C=O) groups is 3. The topological polar surface area (TPSA) is 99.5 Å². The maximum Gasteiger partial charge on any atom is 0.293 e. The summed E-state index contributed by atoms with van der Waals surface area (Å²) in [6, 6.07) is 15.3. The van der Waals surface area contributed by atoms with Gasteiger partial charge in [-0.1, -0.05) is 12.1 Å². The highest BCUT2D eigenvalue weighted by Gasteiger charge is 2.34. The maximum absolute atomic E-state index is 12.5. The van der Waals surface area contributed by atoms with E-state index in [9.17, 15) is 14.4 Å². The Hall–Kier alpha value is -3.57. The van der Waals surface area contributed by atoms with Crippen LogP contribution < -0.4 is 10.1 Å². The predicted molar refractivity (Wildman–Crippen MR) is 109 cm³/mol. The zero-order valence-corrected chi connectivity index (χ0v) is 16.4. The lowest BCUT2D eigenvalue weighted by Gasteiger charge is -2.13. The summed E-state index contributed by atoms with van der Waals surface area (Å²) < 4.78 is 5.10. The van der Waals surface area contributed by atoms with E-state index in [1.807, 2.05) is 6.07 Å². The van der Waals surface area contributed by atoms with E-state index in [-0.39, 0.29) is 30.1 Å². The Balaban J connectivity index is 1.57. The molecule has 1 aliphatic heterocycles. The summed E-state index contributed by atoms with van der Waals surface area (Å²) in [7, 11) is 1.57. The van der Waals surface area contributed by atoms with E-state index in [4.69, 9.17) is 10.00 Å². The van der Waals surface area contributed by atoms with Crippen LogP contribution in [0.5, 0.6) is 5.75 Å². The number of amides is 3. The Morgan fingerprint density at radius 3 is 2.48 bits per heavy atom. The van der Waals surface area contributed by atoms with Gasteiger partial charge in [-0.2, -0.15) is 5.26 Å². The van der Waals surface area contributed by atoms with Gasteiger partial charge in [0.1, 0.15) is 5.75 Å². The summed E-state index contributed by atoms with van der Waals surface area (Å²) in [5.41, 5.74) is 1.64. The van der Waals surface area contributed by atoms with E-state index in [1.54, 1.807) is 61.7 Å². The van der Waals surface area contributed by atoms with Crippen molar-refractivity contribution in [3.05, 3.63) is 70.1 Å². The van der Waals surface area contributed by atoms with Crippen LogP contribution in [0.25, 0.3) is 6.08 Å². The number of thioether (sulfide) groups is 1. The first-order valence-corrected chi connectivity index (χ1v) is 9.51. The van der Waals surface area contributed by atoms with Crippen LogP contribution in [0.4, 0.5) is 4.79 Å². The van der Waals surface area contributed by atoms with Crippen molar-refractivity contribution in [3.8, 4) is 11.8 Å². The number of imide groups is 1. The van der Waals surface area contributed by atoms with Gasteiger partial charge >= 0.3 is 0 Å². The van der Waals surface area contributed by atoms with E-state index in [1.165, 1.54) is 0 Å². The summed E-state index contributed by atoms with van der Waals surface area (Å²) in [6.07, 6.45) is 1.65. The predicted octanol–water partition coefficient (Wildman–Crippen LogP) is 3.03. The van der Waals surface area contributed by atoms with Crippen molar-refractivity contribution in [2.45, 2.75) is 0 Å². The van der Waals surface area contributed by atoms with Gasteiger partial charge in [-0.3, -0.25) is 19.3 Å². The molecule has 1 aliphatic rings. The van der Waals surface area contributed by atoms with Crippen LogP contribution in [0.1, 0.15) is 21.5 Å². The summed E-state index contributed by atoms with van der Waals surface area (Å²) in [5.74, 6) is -0.0214. The van der Waals surface area contributed by atoms with Crippen molar-refractivity contribution in [1.29, 1.82) is 5.26 Å². The molecule has 1 N–H and O–H groups in total. The second-order valence-corrected chi connectivity index (χ2v) is 7.04. The molecule has 8 heteroatoms. The van der Waals surface area contributed by atoms with Gasteiger partial charge in [0.15, 0.2) is 0 Å². The third-order valence-electron chi connectivity index (χ3n) is 4.18. The molecule has 7 nitrogen and oxygen atoms in total. The molecular formula is C21H17N3O4S. The number of ether oxygens (including phenoxy) is 1. The number of carbonyl (C=O) groups excluding carboxylic acids is 3. The third kappa shape index (κ3) is 4.83. The highest BCUT2D eigenvalue weighted by atomic mass is 32.2. The number of methoxy groups -OCH3 is 1. The third-order valence-corrected chi connectivity index (χ3v) is 5.09. The van der Waals surface area contributed by atoms with Crippen molar-refractivity contribution in [2.75, 3.05) is 20.2 Å². The number of nitriles is 1. The molecule has 0 saturated carbocycles. The van der Waals surface area contributed by atoms with Gasteiger partial charge in [-0.15, -0.1) is 0 Å². The standard InChI is InChI=1S/C21H17N3O4S/c1-28-17-8-4-14(5-9-17)12-18-20(26)24(21(27)29-18)11-10-23-19(25)16-6-2-15(13-22)3-7-16/h2-9,12H,10-11H2,1H3,(H,23,25)/b18-12-. The summed E-state index contributed by atoms with van der Waals surface area (Å²) in [5, 5.41) is 11.1. The quantitative estimate of drug-likeness (QED) is 0.739. The van der Waals surface area contributed by atoms with E-state index >= 15 is 0 Å². The zero-order chi connectivity index (χ0) is 20.8. The zero-order valence-electron chi connectivity index (χ0n) is 15.5. The van der Waals surface area contributed by atoms with Crippen molar-refractivity contribution in [2.24, 2.45) is 0 Å². The normalized spacial score (nSPS) is 14.8. The summed E-state index contributed by atoms with van der Waals surface area (Å²) >= 11 is 0.870. The van der Waals surface area contributed by atoms with Gasteiger partial charge in [0.25, 0.3) is 17.1 Å². The minimum Gasteiger partial charge on any atom is -0.497 e. The molecule has 1 saturated heterocycles. The van der Waals surface area contributed by atoms with Crippen LogP contribution in [0.2, 0.25) is 0 Å². The van der Waals surface area contributed by atoms with E-state index in [0.29, 0.717) is 21.8 Å². The molecule has 29 heavy (non-hydrogen) atoms. The minimum atomic E-state index is -0.386. The number of hydrogen-bond acceptors (Lipinski definition) is 6. The minimum absolute atomic E-state index is 0.0760. The van der Waals surface area contributed by atoms with Crippen molar-refractivity contribution >= 4 is 34.9 Å². The number of nitrogens with zero attached hydrogens (tertiary/aromatic N) is 2. The number of rotatable bonds is 6. The first-order valence-electron chi connectivity index (χ1n) is 8.69. The SMILES string of the molecule is COc1ccc(/C=C2\SC(=O)N(CCNC(=O)c3ccc(C#N)cc3)C2=O)cc1. The lowest BCUT2D eigenvalue weighted by molar-refractivity contribution is -0.122. The lowest BCUT2D eigenvalue weighted by Crippen LogP contribution is -2.37. The second kappa shape index (κ2) is 9.08. The second-order valence-electron chi connectivity index (χ2n) is 6.05. The average molecular weight is 407 g/mol. The number of hydrogen-bond donors (Lipinski definition) is 1. The van der Waals surface area contributed by atoms with Crippen LogP contribution >= 0.6 is 11.8 Å². The molecule has 0 radical (unpaired) electrons. The molecule has 0 bridgehead atoms. The average Bonchev–Trinajstić information content (AvgIpc) is 3.01. The first-order chi connectivity index (χ1) is 14.0. The highest BCUT2D eigenvalue weighted by Crippen LogP contribution is 2.32. The van der Waals surface area contributed by atoms with Crippen molar-refractivity contribution in [1.82, 2.24) is 10.2 Å². The molecule has 1 fully saturated rings. The van der Waals surface area contributed by atoms with Crippen molar-refractivity contribution in [3.63, 3.8) is 0 Å². The fourth-order valence-corrected chi connectivity index (χ4v) is 3.49. The Labute approximate surface area is 172 Å². The van der Waals surface area contributed by atoms with E-state index in [0.717, 1.165) is 22.2 Å². The molecule has 0 atom stereocenters. The highest BCUT2D eigenvalue weighted by molar-refractivity contribution is 8.18. The Morgan fingerprint density at radius 2 is 1.86 bits per heavy atom. The first kappa shape index (κ1) is 20.2. The largest absolute Gasteiger partial charge is 0.497 e. The van der Waals surface area contributed by atoms with Crippen LogP contribution in [0.3, 0.4) is 0 Å². The molecular weight excluding hydrogens is 390 g/mol. The molecule has 0 unspecified atom stereocenters. The molecule has 2 aromatic carbocycles. The van der Waals surface area contributed by atoms with Gasteiger partial charge < -0.3 is 10.1 Å². The molecule has 0 spiro atoms. The maximum atomic E-state index is 12.5. The molecule has 3 rings (SSSR count). The Kier molecular flexibility index (Phi) is 6.32. The van der Waals surface area contributed by atoms with Gasteiger partial charge in [0.2, 0.25) is 0 Å². The fourth-order valence-electron chi connectivity index (χ4n) is 2.62. The van der Waals surface area contributed by atoms with E-state index < -0.39 is 0 Å². The molecule has 0 aliphatic carbocycles. The van der Waals surface area contributed by atoms with Crippen LogP contribution in [-0.2, 0) is 4.79 Å². The monoisotopic (exact) mass is 407 g/mol. The Bertz CT molecular complexity index is 1010. The molecule has 0 aromatic heterocycles. The molecule has 3 amide bonds. The van der Waals surface area contributed by atoms with Gasteiger partial charge in [0.05, 0.1) is 23.6 Å².